The lowest BCUT2D eigenvalue weighted by atomic mass is 10.1. The van der Waals surface area contributed by atoms with Gasteiger partial charge in [-0.25, -0.2) is 0 Å². The van der Waals surface area contributed by atoms with Crippen molar-refractivity contribution in [2.75, 3.05) is 11.4 Å². The Kier molecular flexibility index (Phi) is 3.21. The first-order chi connectivity index (χ1) is 8.54. The number of benzene rings is 1. The van der Waals surface area contributed by atoms with Crippen LogP contribution in [0.5, 0.6) is 0 Å². The molecule has 1 aromatic rings. The van der Waals surface area contributed by atoms with Gasteiger partial charge >= 0.3 is 0 Å². The van der Waals surface area contributed by atoms with Crippen molar-refractivity contribution in [1.29, 1.82) is 5.26 Å². The van der Waals surface area contributed by atoms with Crippen LogP contribution in [0.25, 0.3) is 0 Å². The van der Waals surface area contributed by atoms with Gasteiger partial charge < -0.3 is 5.32 Å². The molecule has 0 saturated carbocycles. The molecule has 0 fully saturated rings. The fourth-order valence-electron chi connectivity index (χ4n) is 1.99. The molecule has 1 aromatic carbocycles. The largest absolute Gasteiger partial charge is 0.341 e. The SMILES string of the molecule is CC(=O)N[C@H]1C(=O)N(CC#N)c2ccc(Cl)cc21. The fourth-order valence-corrected chi connectivity index (χ4v) is 2.17. The Morgan fingerprint density at radius 1 is 1.61 bits per heavy atom. The number of carbonyl (C=O) groups excluding carboxylic acids is 2. The molecule has 1 N–H and O–H groups in total. The number of halogens is 1. The van der Waals surface area contributed by atoms with Gasteiger partial charge in [-0.2, -0.15) is 5.26 Å². The topological polar surface area (TPSA) is 73.2 Å². The Morgan fingerprint density at radius 3 is 2.94 bits per heavy atom. The Morgan fingerprint density at radius 2 is 2.33 bits per heavy atom. The summed E-state index contributed by atoms with van der Waals surface area (Å²) in [5.74, 6) is -0.623. The van der Waals surface area contributed by atoms with Gasteiger partial charge in [0.25, 0.3) is 5.91 Å². The summed E-state index contributed by atoms with van der Waals surface area (Å²) in [6.07, 6.45) is 0. The van der Waals surface area contributed by atoms with Gasteiger partial charge in [0.2, 0.25) is 5.91 Å². The Labute approximate surface area is 109 Å². The summed E-state index contributed by atoms with van der Waals surface area (Å²) in [5, 5.41) is 11.8. The molecule has 18 heavy (non-hydrogen) atoms. The van der Waals surface area contributed by atoms with Crippen LogP contribution in [0.15, 0.2) is 18.2 Å². The van der Waals surface area contributed by atoms with Crippen LogP contribution in [0.4, 0.5) is 5.69 Å². The molecule has 0 spiro atoms. The third-order valence-electron chi connectivity index (χ3n) is 2.68. The van der Waals surface area contributed by atoms with Gasteiger partial charge in [0.15, 0.2) is 0 Å². The van der Waals surface area contributed by atoms with Crippen molar-refractivity contribution in [2.24, 2.45) is 0 Å². The van der Waals surface area contributed by atoms with Crippen LogP contribution in [-0.4, -0.2) is 18.4 Å². The van der Waals surface area contributed by atoms with E-state index >= 15 is 0 Å². The highest BCUT2D eigenvalue weighted by atomic mass is 35.5. The van der Waals surface area contributed by atoms with Crippen LogP contribution in [0, 0.1) is 11.3 Å². The Bertz CT molecular complexity index is 565. The molecule has 6 heteroatoms. The van der Waals surface area contributed by atoms with Gasteiger partial charge in [0.1, 0.15) is 12.6 Å². The molecule has 0 aliphatic carbocycles. The summed E-state index contributed by atoms with van der Waals surface area (Å²) in [5.41, 5.74) is 1.24. The van der Waals surface area contributed by atoms with Crippen LogP contribution in [0.2, 0.25) is 5.02 Å². The number of nitrogens with one attached hydrogen (secondary N) is 1. The number of nitrogens with zero attached hydrogens (tertiary/aromatic N) is 2. The van der Waals surface area contributed by atoms with E-state index in [2.05, 4.69) is 5.32 Å². The zero-order valence-corrected chi connectivity index (χ0v) is 10.4. The van der Waals surface area contributed by atoms with E-state index in [1.165, 1.54) is 11.8 Å². The van der Waals surface area contributed by atoms with Crippen molar-refractivity contribution >= 4 is 29.1 Å². The highest BCUT2D eigenvalue weighted by Gasteiger charge is 2.37. The smallest absolute Gasteiger partial charge is 0.255 e. The lowest BCUT2D eigenvalue weighted by Gasteiger charge is -2.13. The molecule has 1 heterocycles. The summed E-state index contributed by atoms with van der Waals surface area (Å²) in [4.78, 5) is 24.6. The van der Waals surface area contributed by atoms with Crippen molar-refractivity contribution in [3.8, 4) is 6.07 Å². The Hall–Kier alpha value is -2.06. The monoisotopic (exact) mass is 263 g/mol. The quantitative estimate of drug-likeness (QED) is 0.820. The maximum Gasteiger partial charge on any atom is 0.255 e. The van der Waals surface area contributed by atoms with Crippen LogP contribution < -0.4 is 10.2 Å². The first-order valence-electron chi connectivity index (χ1n) is 5.29. The summed E-state index contributed by atoms with van der Waals surface area (Å²) in [6, 6.07) is 6.12. The van der Waals surface area contributed by atoms with Gasteiger partial charge in [-0.15, -0.1) is 0 Å². The first-order valence-corrected chi connectivity index (χ1v) is 5.67. The first kappa shape index (κ1) is 12.4. The number of fused-ring (bicyclic) bond motifs is 1. The molecule has 1 atom stereocenters. The molecule has 0 radical (unpaired) electrons. The van der Waals surface area contributed by atoms with Gasteiger partial charge in [-0.3, -0.25) is 14.5 Å². The molecule has 92 valence electrons. The van der Waals surface area contributed by atoms with E-state index < -0.39 is 6.04 Å². The summed E-state index contributed by atoms with van der Waals surface area (Å²) in [6.45, 7) is 1.29. The minimum absolute atomic E-state index is 0.0520. The van der Waals surface area contributed by atoms with E-state index in [9.17, 15) is 9.59 Å². The van der Waals surface area contributed by atoms with E-state index in [1.54, 1.807) is 18.2 Å². The number of hydrogen-bond acceptors (Lipinski definition) is 3. The molecule has 2 amide bonds. The molecule has 0 aromatic heterocycles. The van der Waals surface area contributed by atoms with Gasteiger partial charge in [0.05, 0.1) is 11.8 Å². The normalized spacial score (nSPS) is 17.3. The summed E-state index contributed by atoms with van der Waals surface area (Å²) in [7, 11) is 0. The Balaban J connectivity index is 2.47. The maximum absolute atomic E-state index is 12.1. The minimum atomic E-state index is -0.760. The molecule has 0 saturated heterocycles. The second kappa shape index (κ2) is 4.67. The summed E-state index contributed by atoms with van der Waals surface area (Å²) >= 11 is 5.89. The molecule has 1 aliphatic rings. The number of rotatable bonds is 2. The average molecular weight is 264 g/mol. The van der Waals surface area contributed by atoms with Gasteiger partial charge in [-0.05, 0) is 18.2 Å². The van der Waals surface area contributed by atoms with Crippen molar-refractivity contribution in [1.82, 2.24) is 5.32 Å². The number of carbonyl (C=O) groups is 2. The minimum Gasteiger partial charge on any atom is -0.341 e. The fraction of sp³-hybridized carbons (Fsp3) is 0.250. The van der Waals surface area contributed by atoms with E-state index in [0.29, 0.717) is 16.3 Å². The van der Waals surface area contributed by atoms with Crippen molar-refractivity contribution in [3.05, 3.63) is 28.8 Å². The van der Waals surface area contributed by atoms with Crippen LogP contribution in [-0.2, 0) is 9.59 Å². The molecule has 2 rings (SSSR count). The lowest BCUT2D eigenvalue weighted by Crippen LogP contribution is -2.36. The van der Waals surface area contributed by atoms with Crippen LogP contribution >= 0.6 is 11.6 Å². The van der Waals surface area contributed by atoms with Crippen molar-refractivity contribution in [2.45, 2.75) is 13.0 Å². The molecule has 1 aliphatic heterocycles. The summed E-state index contributed by atoms with van der Waals surface area (Å²) < 4.78 is 0. The second-order valence-electron chi connectivity index (χ2n) is 3.92. The predicted octanol–water partition coefficient (Wildman–Crippen LogP) is 1.39. The van der Waals surface area contributed by atoms with Crippen LogP contribution in [0.1, 0.15) is 18.5 Å². The van der Waals surface area contributed by atoms with Crippen molar-refractivity contribution in [3.63, 3.8) is 0 Å². The number of anilines is 1. The van der Waals surface area contributed by atoms with E-state index in [0.717, 1.165) is 0 Å². The van der Waals surface area contributed by atoms with Crippen molar-refractivity contribution < 1.29 is 9.59 Å². The molecule has 0 bridgehead atoms. The molecular formula is C12H10ClN3O2. The molecule has 0 unspecified atom stereocenters. The maximum atomic E-state index is 12.1. The standard InChI is InChI=1S/C12H10ClN3O2/c1-7(17)15-11-9-6-8(13)2-3-10(9)16(5-4-14)12(11)18/h2-3,6,11H,5H2,1H3,(H,15,17)/t11-/m1/s1. The highest BCUT2D eigenvalue weighted by Crippen LogP contribution is 2.37. The van der Waals surface area contributed by atoms with Crippen LogP contribution in [0.3, 0.4) is 0 Å². The number of amides is 2. The van der Waals surface area contributed by atoms with E-state index in [4.69, 9.17) is 16.9 Å². The van der Waals surface area contributed by atoms with E-state index in [-0.39, 0.29) is 18.4 Å². The zero-order chi connectivity index (χ0) is 13.3. The predicted molar refractivity (Wildman–Crippen MR) is 66.0 cm³/mol. The van der Waals surface area contributed by atoms with Gasteiger partial charge in [-0.1, -0.05) is 11.6 Å². The molecular weight excluding hydrogens is 254 g/mol. The second-order valence-corrected chi connectivity index (χ2v) is 4.36. The molecule has 5 nitrogen and oxygen atoms in total. The third kappa shape index (κ3) is 2.03. The average Bonchev–Trinajstić information content (AvgIpc) is 2.54. The van der Waals surface area contributed by atoms with Gasteiger partial charge in [0, 0.05) is 17.5 Å². The zero-order valence-electron chi connectivity index (χ0n) is 9.61. The lowest BCUT2D eigenvalue weighted by molar-refractivity contribution is -0.126. The third-order valence-corrected chi connectivity index (χ3v) is 2.92. The number of hydrogen-bond donors (Lipinski definition) is 1. The highest BCUT2D eigenvalue weighted by molar-refractivity contribution is 6.31. The number of nitriles is 1. The van der Waals surface area contributed by atoms with E-state index in [1.807, 2.05) is 6.07 Å².